The molecule has 2 amide bonds. The van der Waals surface area contributed by atoms with Crippen molar-refractivity contribution >= 4 is 11.7 Å². The lowest BCUT2D eigenvalue weighted by atomic mass is 10.0. The average Bonchev–Trinajstić information content (AvgIpc) is 3.19. The molecular formula is C16H25N3O. The summed E-state index contributed by atoms with van der Waals surface area (Å²) in [5.74, 6) is 0. The van der Waals surface area contributed by atoms with Crippen LogP contribution in [0.4, 0.5) is 10.5 Å². The molecule has 4 N–H and O–H groups in total. The number of hydrogen-bond donors (Lipinski definition) is 3. The summed E-state index contributed by atoms with van der Waals surface area (Å²) in [4.78, 5) is 11.9. The van der Waals surface area contributed by atoms with Gasteiger partial charge in [0.1, 0.15) is 0 Å². The van der Waals surface area contributed by atoms with Crippen molar-refractivity contribution in [1.29, 1.82) is 0 Å². The van der Waals surface area contributed by atoms with E-state index >= 15 is 0 Å². The third-order valence-electron chi connectivity index (χ3n) is 3.86. The quantitative estimate of drug-likeness (QED) is 0.528. The second-order valence-corrected chi connectivity index (χ2v) is 5.65. The smallest absolute Gasteiger partial charge is 0.315 e. The fourth-order valence-electron chi connectivity index (χ4n) is 2.46. The summed E-state index contributed by atoms with van der Waals surface area (Å²) < 4.78 is 0. The molecule has 4 nitrogen and oxygen atoms in total. The number of nitrogens with two attached hydrogens (primary N) is 1. The largest absolute Gasteiger partial charge is 0.399 e. The molecule has 0 bridgehead atoms. The topological polar surface area (TPSA) is 67.2 Å². The van der Waals surface area contributed by atoms with Crippen LogP contribution in [0.25, 0.3) is 0 Å². The highest BCUT2D eigenvalue weighted by atomic mass is 16.2. The van der Waals surface area contributed by atoms with E-state index in [4.69, 9.17) is 5.73 Å². The van der Waals surface area contributed by atoms with Crippen LogP contribution in [0.2, 0.25) is 0 Å². The highest BCUT2D eigenvalue weighted by Crippen LogP contribution is 2.45. The van der Waals surface area contributed by atoms with Crippen molar-refractivity contribution in [3.8, 4) is 0 Å². The molecule has 0 radical (unpaired) electrons. The molecule has 1 aromatic rings. The Morgan fingerprint density at radius 3 is 2.75 bits per heavy atom. The minimum atomic E-state index is -0.192. The van der Waals surface area contributed by atoms with E-state index in [0.29, 0.717) is 0 Å². The summed E-state index contributed by atoms with van der Waals surface area (Å²) in [5.41, 5.74) is 7.48. The van der Waals surface area contributed by atoms with Crippen LogP contribution in [0.3, 0.4) is 0 Å². The first-order valence-electron chi connectivity index (χ1n) is 7.58. The van der Waals surface area contributed by atoms with Gasteiger partial charge in [0.25, 0.3) is 0 Å². The molecule has 2 rings (SSSR count). The molecule has 0 atom stereocenters. The molecule has 4 heteroatoms. The lowest BCUT2D eigenvalue weighted by molar-refractivity contribution is 0.235. The minimum absolute atomic E-state index is 0.0681. The maximum absolute atomic E-state index is 11.9. The van der Waals surface area contributed by atoms with Gasteiger partial charge >= 0.3 is 6.03 Å². The second kappa shape index (κ2) is 6.64. The first-order chi connectivity index (χ1) is 9.66. The number of carbonyl (C=O) groups is 1. The molecule has 0 heterocycles. The molecule has 20 heavy (non-hydrogen) atoms. The van der Waals surface area contributed by atoms with E-state index in [-0.39, 0.29) is 11.6 Å². The third-order valence-corrected chi connectivity index (χ3v) is 3.86. The van der Waals surface area contributed by atoms with Crippen molar-refractivity contribution in [2.45, 2.75) is 51.0 Å². The zero-order chi connectivity index (χ0) is 14.4. The van der Waals surface area contributed by atoms with E-state index in [1.807, 2.05) is 24.3 Å². The molecular weight excluding hydrogens is 250 g/mol. The Labute approximate surface area is 121 Å². The molecule has 1 fully saturated rings. The van der Waals surface area contributed by atoms with Crippen LogP contribution in [0.5, 0.6) is 0 Å². The number of nitrogen functional groups attached to an aromatic ring is 1. The zero-order valence-corrected chi connectivity index (χ0v) is 12.2. The zero-order valence-electron chi connectivity index (χ0n) is 12.2. The van der Waals surface area contributed by atoms with Crippen molar-refractivity contribution in [2.75, 3.05) is 12.3 Å². The van der Waals surface area contributed by atoms with Gasteiger partial charge in [-0.3, -0.25) is 0 Å². The van der Waals surface area contributed by atoms with Gasteiger partial charge in [0.05, 0.1) is 5.54 Å². The van der Waals surface area contributed by atoms with Crippen molar-refractivity contribution in [1.82, 2.24) is 10.6 Å². The Bertz CT molecular complexity index is 455. The average molecular weight is 275 g/mol. The van der Waals surface area contributed by atoms with E-state index in [1.54, 1.807) is 0 Å². The summed E-state index contributed by atoms with van der Waals surface area (Å²) in [6, 6.07) is 7.73. The van der Waals surface area contributed by atoms with Crippen LogP contribution >= 0.6 is 0 Å². The van der Waals surface area contributed by atoms with E-state index in [0.717, 1.165) is 37.1 Å². The molecule has 0 saturated heterocycles. The Balaban J connectivity index is 1.79. The summed E-state index contributed by atoms with van der Waals surface area (Å²) in [7, 11) is 0. The predicted octanol–water partition coefficient (Wildman–Crippen LogP) is 3.14. The molecule has 0 aliphatic heterocycles. The Morgan fingerprint density at radius 2 is 2.10 bits per heavy atom. The van der Waals surface area contributed by atoms with Gasteiger partial charge in [-0.25, -0.2) is 4.79 Å². The highest BCUT2D eigenvalue weighted by Gasteiger charge is 2.45. The number of unbranched alkanes of at least 4 members (excludes halogenated alkanes) is 3. The number of anilines is 1. The maximum atomic E-state index is 11.9. The van der Waals surface area contributed by atoms with Crippen LogP contribution in [0.1, 0.15) is 51.0 Å². The van der Waals surface area contributed by atoms with Gasteiger partial charge in [0.2, 0.25) is 0 Å². The highest BCUT2D eigenvalue weighted by molar-refractivity contribution is 5.75. The summed E-state index contributed by atoms with van der Waals surface area (Å²) in [5, 5.41) is 6.04. The standard InChI is InChI=1S/C16H25N3O/c1-2-3-4-5-11-18-15(20)19-16(9-10-16)13-7-6-8-14(17)12-13/h6-8,12H,2-5,9-11,17H2,1H3,(H2,18,19,20). The first-order valence-corrected chi connectivity index (χ1v) is 7.58. The molecule has 0 spiro atoms. The molecule has 1 aromatic carbocycles. The summed E-state index contributed by atoms with van der Waals surface area (Å²) >= 11 is 0. The lowest BCUT2D eigenvalue weighted by Gasteiger charge is -2.19. The van der Waals surface area contributed by atoms with Crippen molar-refractivity contribution in [3.63, 3.8) is 0 Å². The van der Waals surface area contributed by atoms with Gasteiger partial charge in [-0.15, -0.1) is 0 Å². The minimum Gasteiger partial charge on any atom is -0.399 e. The van der Waals surface area contributed by atoms with Gasteiger partial charge in [-0.05, 0) is 37.0 Å². The van der Waals surface area contributed by atoms with E-state index in [1.165, 1.54) is 19.3 Å². The van der Waals surface area contributed by atoms with Crippen molar-refractivity contribution in [3.05, 3.63) is 29.8 Å². The summed E-state index contributed by atoms with van der Waals surface area (Å²) in [6.45, 7) is 2.93. The Morgan fingerprint density at radius 1 is 1.30 bits per heavy atom. The van der Waals surface area contributed by atoms with Crippen LogP contribution in [-0.2, 0) is 5.54 Å². The van der Waals surface area contributed by atoms with E-state index in [2.05, 4.69) is 17.6 Å². The fraction of sp³-hybridized carbons (Fsp3) is 0.562. The maximum Gasteiger partial charge on any atom is 0.315 e. The number of nitrogens with one attached hydrogen (secondary N) is 2. The van der Waals surface area contributed by atoms with Gasteiger partial charge in [-0.1, -0.05) is 38.3 Å². The van der Waals surface area contributed by atoms with Crippen LogP contribution in [0, 0.1) is 0 Å². The lowest BCUT2D eigenvalue weighted by Crippen LogP contribution is -2.42. The Kier molecular flexibility index (Phi) is 4.88. The Hall–Kier alpha value is -1.71. The van der Waals surface area contributed by atoms with Gasteiger partial charge < -0.3 is 16.4 Å². The van der Waals surface area contributed by atoms with Gasteiger partial charge in [0, 0.05) is 12.2 Å². The number of hydrogen-bond acceptors (Lipinski definition) is 2. The SMILES string of the molecule is CCCCCCNC(=O)NC1(c2cccc(N)c2)CC1. The van der Waals surface area contributed by atoms with Crippen LogP contribution in [-0.4, -0.2) is 12.6 Å². The number of rotatable bonds is 7. The number of amides is 2. The van der Waals surface area contributed by atoms with Crippen molar-refractivity contribution < 1.29 is 4.79 Å². The van der Waals surface area contributed by atoms with Crippen LogP contribution < -0.4 is 16.4 Å². The second-order valence-electron chi connectivity index (χ2n) is 5.65. The van der Waals surface area contributed by atoms with E-state index < -0.39 is 0 Å². The molecule has 1 aliphatic carbocycles. The number of benzene rings is 1. The predicted molar refractivity (Wildman–Crippen MR) is 82.4 cm³/mol. The molecule has 110 valence electrons. The van der Waals surface area contributed by atoms with Gasteiger partial charge in [-0.2, -0.15) is 0 Å². The third kappa shape index (κ3) is 3.89. The monoisotopic (exact) mass is 275 g/mol. The number of urea groups is 1. The molecule has 1 saturated carbocycles. The number of carbonyl (C=O) groups excluding carboxylic acids is 1. The van der Waals surface area contributed by atoms with Crippen LogP contribution in [0.15, 0.2) is 24.3 Å². The first kappa shape index (κ1) is 14.7. The van der Waals surface area contributed by atoms with Crippen molar-refractivity contribution in [2.24, 2.45) is 0 Å². The molecule has 0 aromatic heterocycles. The fourth-order valence-corrected chi connectivity index (χ4v) is 2.46. The normalized spacial score (nSPS) is 15.7. The van der Waals surface area contributed by atoms with E-state index in [9.17, 15) is 4.79 Å². The van der Waals surface area contributed by atoms with Gasteiger partial charge in [0.15, 0.2) is 0 Å². The molecule has 1 aliphatic rings. The molecule has 0 unspecified atom stereocenters. The summed E-state index contributed by atoms with van der Waals surface area (Å²) in [6.07, 6.45) is 6.64.